The molecule has 0 aromatic heterocycles. The molecule has 2 aromatic carbocycles. The largest absolute Gasteiger partial charge is 0.349 e. The van der Waals surface area contributed by atoms with Gasteiger partial charge in [0.15, 0.2) is 0 Å². The Labute approximate surface area is 164 Å². The van der Waals surface area contributed by atoms with Crippen LogP contribution in [0.3, 0.4) is 0 Å². The lowest BCUT2D eigenvalue weighted by molar-refractivity contribution is 0.0934. The van der Waals surface area contributed by atoms with Gasteiger partial charge in [0, 0.05) is 18.2 Å². The second-order valence-electron chi connectivity index (χ2n) is 7.48. The lowest BCUT2D eigenvalue weighted by Gasteiger charge is -2.33. The third-order valence-electron chi connectivity index (χ3n) is 5.78. The Morgan fingerprint density at radius 2 is 1.81 bits per heavy atom. The van der Waals surface area contributed by atoms with Gasteiger partial charge in [0.05, 0.1) is 10.0 Å². The van der Waals surface area contributed by atoms with Crippen molar-refractivity contribution in [2.45, 2.75) is 31.8 Å². The zero-order valence-corrected chi connectivity index (χ0v) is 16.1. The molecule has 1 heterocycles. The molecule has 1 saturated carbocycles. The number of amides is 1. The maximum atomic E-state index is 12.5. The Morgan fingerprint density at radius 1 is 1.08 bits per heavy atom. The summed E-state index contributed by atoms with van der Waals surface area (Å²) in [5.74, 6) is -0.0582. The summed E-state index contributed by atoms with van der Waals surface area (Å²) in [5.41, 5.74) is 2.23. The molecular weight excluding hydrogens is 367 g/mol. The minimum absolute atomic E-state index is 0.0582. The number of nitrogens with zero attached hydrogens (tertiary/aromatic N) is 1. The summed E-state index contributed by atoms with van der Waals surface area (Å²) >= 11 is 11.9. The van der Waals surface area contributed by atoms with Crippen molar-refractivity contribution in [2.75, 3.05) is 13.1 Å². The molecule has 0 bridgehead atoms. The first-order chi connectivity index (χ1) is 12.6. The number of piperidine rings is 1. The SMILES string of the molecule is O=C(NC1CC12CCN(Cc1ccccc1)CC2)c1ccc(Cl)c(Cl)c1. The molecule has 5 heteroatoms. The van der Waals surface area contributed by atoms with E-state index in [0.29, 0.717) is 21.0 Å². The highest BCUT2D eigenvalue weighted by molar-refractivity contribution is 6.42. The van der Waals surface area contributed by atoms with Gasteiger partial charge in [-0.05, 0) is 61.5 Å². The van der Waals surface area contributed by atoms with Crippen molar-refractivity contribution in [3.05, 3.63) is 69.7 Å². The standard InChI is InChI=1S/C21H22Cl2N2O/c22-17-7-6-16(12-18(17)23)20(26)24-19-13-21(19)8-10-25(11-9-21)14-15-4-2-1-3-5-15/h1-7,12,19H,8-11,13-14H2,(H,24,26). The van der Waals surface area contributed by atoms with Crippen molar-refractivity contribution in [3.63, 3.8) is 0 Å². The van der Waals surface area contributed by atoms with Gasteiger partial charge in [0.25, 0.3) is 5.91 Å². The van der Waals surface area contributed by atoms with E-state index in [9.17, 15) is 4.79 Å². The van der Waals surface area contributed by atoms with E-state index in [0.717, 1.165) is 38.9 Å². The van der Waals surface area contributed by atoms with Crippen LogP contribution < -0.4 is 5.32 Å². The molecule has 1 atom stereocenters. The summed E-state index contributed by atoms with van der Waals surface area (Å²) in [6, 6.07) is 15.9. The minimum atomic E-state index is -0.0582. The van der Waals surface area contributed by atoms with E-state index in [-0.39, 0.29) is 11.9 Å². The number of hydrogen-bond acceptors (Lipinski definition) is 2. The van der Waals surface area contributed by atoms with Crippen LogP contribution in [0.5, 0.6) is 0 Å². The summed E-state index contributed by atoms with van der Waals surface area (Å²) in [5, 5.41) is 4.07. The van der Waals surface area contributed by atoms with Crippen LogP contribution >= 0.6 is 23.2 Å². The summed E-state index contributed by atoms with van der Waals surface area (Å²) < 4.78 is 0. The van der Waals surface area contributed by atoms with Gasteiger partial charge in [-0.25, -0.2) is 0 Å². The third kappa shape index (κ3) is 3.75. The minimum Gasteiger partial charge on any atom is -0.349 e. The fourth-order valence-corrected chi connectivity index (χ4v) is 4.28. The van der Waals surface area contributed by atoms with Crippen molar-refractivity contribution < 1.29 is 4.79 Å². The summed E-state index contributed by atoms with van der Waals surface area (Å²) in [4.78, 5) is 15.0. The highest BCUT2D eigenvalue weighted by Crippen LogP contribution is 2.54. The zero-order valence-electron chi connectivity index (χ0n) is 14.6. The van der Waals surface area contributed by atoms with Crippen molar-refractivity contribution in [1.82, 2.24) is 10.2 Å². The first-order valence-electron chi connectivity index (χ1n) is 9.08. The van der Waals surface area contributed by atoms with Gasteiger partial charge in [0.2, 0.25) is 0 Å². The van der Waals surface area contributed by atoms with Gasteiger partial charge in [-0.1, -0.05) is 53.5 Å². The van der Waals surface area contributed by atoms with E-state index in [1.807, 2.05) is 0 Å². The van der Waals surface area contributed by atoms with Crippen LogP contribution in [0.4, 0.5) is 0 Å². The Kier molecular flexibility index (Phi) is 4.96. The van der Waals surface area contributed by atoms with E-state index in [1.54, 1.807) is 18.2 Å². The van der Waals surface area contributed by atoms with Crippen LogP contribution in [0.1, 0.15) is 35.2 Å². The molecule has 1 aliphatic heterocycles. The first kappa shape index (κ1) is 17.8. The van der Waals surface area contributed by atoms with Crippen LogP contribution in [-0.4, -0.2) is 29.9 Å². The summed E-state index contributed by atoms with van der Waals surface area (Å²) in [7, 11) is 0. The number of likely N-dealkylation sites (tertiary alicyclic amines) is 1. The van der Waals surface area contributed by atoms with E-state index in [1.165, 1.54) is 5.56 Å². The summed E-state index contributed by atoms with van der Waals surface area (Å²) in [6.45, 7) is 3.19. The molecule has 1 saturated heterocycles. The van der Waals surface area contributed by atoms with Crippen LogP contribution in [-0.2, 0) is 6.54 Å². The van der Waals surface area contributed by atoms with Gasteiger partial charge in [-0.2, -0.15) is 0 Å². The monoisotopic (exact) mass is 388 g/mol. The fourth-order valence-electron chi connectivity index (χ4n) is 3.98. The molecule has 0 radical (unpaired) electrons. The Balaban J connectivity index is 1.30. The van der Waals surface area contributed by atoms with Crippen LogP contribution in [0.25, 0.3) is 0 Å². The van der Waals surface area contributed by atoms with Gasteiger partial charge in [0.1, 0.15) is 0 Å². The van der Waals surface area contributed by atoms with Crippen molar-refractivity contribution >= 4 is 29.1 Å². The lowest BCUT2D eigenvalue weighted by atomic mass is 9.92. The molecule has 2 fully saturated rings. The smallest absolute Gasteiger partial charge is 0.251 e. The molecular formula is C21H22Cl2N2O. The number of benzene rings is 2. The first-order valence-corrected chi connectivity index (χ1v) is 9.84. The predicted octanol–water partition coefficient (Wildman–Crippen LogP) is 4.78. The normalized spacial score (nSPS) is 21.5. The topological polar surface area (TPSA) is 32.3 Å². The Morgan fingerprint density at radius 3 is 2.50 bits per heavy atom. The molecule has 3 nitrogen and oxygen atoms in total. The Bertz CT molecular complexity index is 801. The average molecular weight is 389 g/mol. The molecule has 1 amide bonds. The van der Waals surface area contributed by atoms with E-state index < -0.39 is 0 Å². The third-order valence-corrected chi connectivity index (χ3v) is 6.52. The van der Waals surface area contributed by atoms with Crippen LogP contribution in [0.15, 0.2) is 48.5 Å². The van der Waals surface area contributed by atoms with Crippen molar-refractivity contribution in [2.24, 2.45) is 5.41 Å². The van der Waals surface area contributed by atoms with Crippen LogP contribution in [0, 0.1) is 5.41 Å². The molecule has 26 heavy (non-hydrogen) atoms. The van der Waals surface area contributed by atoms with E-state index in [4.69, 9.17) is 23.2 Å². The average Bonchev–Trinajstić information content (AvgIpc) is 3.31. The molecule has 1 spiro atoms. The number of nitrogens with one attached hydrogen (secondary N) is 1. The fraction of sp³-hybridized carbons (Fsp3) is 0.381. The van der Waals surface area contributed by atoms with Gasteiger partial charge in [-0.3, -0.25) is 9.69 Å². The predicted molar refractivity (Wildman–Crippen MR) is 106 cm³/mol. The number of rotatable bonds is 4. The molecule has 1 aliphatic carbocycles. The van der Waals surface area contributed by atoms with E-state index >= 15 is 0 Å². The number of carbonyl (C=O) groups is 1. The highest BCUT2D eigenvalue weighted by atomic mass is 35.5. The van der Waals surface area contributed by atoms with Gasteiger partial charge >= 0.3 is 0 Å². The lowest BCUT2D eigenvalue weighted by Crippen LogP contribution is -2.38. The summed E-state index contributed by atoms with van der Waals surface area (Å²) in [6.07, 6.45) is 3.37. The maximum absolute atomic E-state index is 12.5. The molecule has 4 rings (SSSR count). The number of hydrogen-bond donors (Lipinski definition) is 1. The van der Waals surface area contributed by atoms with Crippen molar-refractivity contribution in [1.29, 1.82) is 0 Å². The number of carbonyl (C=O) groups excluding carboxylic acids is 1. The van der Waals surface area contributed by atoms with Crippen LogP contribution in [0.2, 0.25) is 10.0 Å². The maximum Gasteiger partial charge on any atom is 0.251 e. The zero-order chi connectivity index (χ0) is 18.1. The number of halogens is 2. The molecule has 2 aliphatic rings. The van der Waals surface area contributed by atoms with Gasteiger partial charge < -0.3 is 5.32 Å². The Hall–Kier alpha value is -1.55. The highest BCUT2D eigenvalue weighted by Gasteiger charge is 2.55. The molecule has 136 valence electrons. The van der Waals surface area contributed by atoms with E-state index in [2.05, 4.69) is 40.5 Å². The second-order valence-corrected chi connectivity index (χ2v) is 8.30. The second kappa shape index (κ2) is 7.22. The molecule has 1 N–H and O–H groups in total. The van der Waals surface area contributed by atoms with Crippen molar-refractivity contribution in [3.8, 4) is 0 Å². The molecule has 1 unspecified atom stereocenters. The van der Waals surface area contributed by atoms with Gasteiger partial charge in [-0.15, -0.1) is 0 Å². The quantitative estimate of drug-likeness (QED) is 0.817. The molecule has 2 aromatic rings.